The first kappa shape index (κ1) is 27.4. The first-order valence-electron chi connectivity index (χ1n) is 14.2. The van der Waals surface area contributed by atoms with Gasteiger partial charge in [0.25, 0.3) is 5.91 Å². The highest BCUT2D eigenvalue weighted by atomic mass is 16.5. The molecule has 0 aromatic heterocycles. The quantitative estimate of drug-likeness (QED) is 0.261. The van der Waals surface area contributed by atoms with E-state index in [0.717, 1.165) is 40.3 Å². The van der Waals surface area contributed by atoms with E-state index < -0.39 is 11.0 Å². The molecule has 39 heavy (non-hydrogen) atoms. The van der Waals surface area contributed by atoms with E-state index in [9.17, 15) is 14.7 Å². The Hall–Kier alpha value is -3.22. The molecule has 1 unspecified atom stereocenters. The first-order chi connectivity index (χ1) is 18.5. The number of esters is 1. The number of nitrogens with one attached hydrogen (secondary N) is 1. The lowest BCUT2D eigenvalue weighted by Crippen LogP contribution is -2.71. The average Bonchev–Trinajstić information content (AvgIpc) is 2.87. The summed E-state index contributed by atoms with van der Waals surface area (Å²) in [4.78, 5) is 25.1. The van der Waals surface area contributed by atoms with E-state index in [1.807, 2.05) is 60.7 Å². The van der Waals surface area contributed by atoms with Gasteiger partial charge in [-0.15, -0.1) is 0 Å². The van der Waals surface area contributed by atoms with Crippen molar-refractivity contribution in [1.29, 1.82) is 0 Å². The number of ether oxygens (including phenoxy) is 1. The van der Waals surface area contributed by atoms with E-state index in [1.165, 1.54) is 6.92 Å². The summed E-state index contributed by atoms with van der Waals surface area (Å²) in [6.07, 6.45) is 2.73. The van der Waals surface area contributed by atoms with Crippen LogP contribution in [-0.2, 0) is 10.2 Å². The lowest BCUT2D eigenvalue weighted by molar-refractivity contribution is -0.926. The number of piperidine rings is 1. The number of rotatable bonds is 6. The standard InChI is InChI=1S/C33H40N2O4/c1-23(2)21-35(4)17-16-32(28-10-7-11-30(19-28)39-24(3)36)20-29(14-15-33(32,38)22-35)34-31(37)27-13-12-25-8-5-6-9-26(25)18-27/h5-13,18-19,23,29,38H,14-17,20-22H2,1-4H3/p+1/t29-,32-,33?,35+/m1/s1. The zero-order valence-corrected chi connectivity index (χ0v) is 23.6. The second-order valence-electron chi connectivity index (χ2n) is 12.5. The number of benzene rings is 3. The lowest BCUT2D eigenvalue weighted by Gasteiger charge is -2.60. The van der Waals surface area contributed by atoms with Gasteiger partial charge in [-0.1, -0.05) is 56.3 Å². The van der Waals surface area contributed by atoms with Gasteiger partial charge in [0.1, 0.15) is 17.9 Å². The number of aliphatic hydroxyl groups is 1. The van der Waals surface area contributed by atoms with Crippen molar-refractivity contribution in [1.82, 2.24) is 5.32 Å². The molecule has 1 amide bonds. The maximum atomic E-state index is 13.4. The van der Waals surface area contributed by atoms with E-state index in [-0.39, 0.29) is 17.9 Å². The number of quaternary nitrogens is 1. The third-order valence-corrected chi connectivity index (χ3v) is 8.91. The summed E-state index contributed by atoms with van der Waals surface area (Å²) in [6, 6.07) is 21.4. The largest absolute Gasteiger partial charge is 0.427 e. The Labute approximate surface area is 231 Å². The number of carbonyl (C=O) groups excluding carboxylic acids is 2. The number of hydrogen-bond acceptors (Lipinski definition) is 4. The molecule has 1 aliphatic carbocycles. The third kappa shape index (κ3) is 5.45. The molecule has 3 aromatic carbocycles. The number of carbonyl (C=O) groups is 2. The van der Waals surface area contributed by atoms with Gasteiger partial charge >= 0.3 is 5.97 Å². The monoisotopic (exact) mass is 529 g/mol. The van der Waals surface area contributed by atoms with E-state index in [0.29, 0.717) is 43.0 Å². The highest BCUT2D eigenvalue weighted by molar-refractivity contribution is 5.98. The number of likely N-dealkylation sites (tertiary alicyclic amines) is 1. The zero-order valence-electron chi connectivity index (χ0n) is 23.6. The maximum absolute atomic E-state index is 13.4. The molecule has 5 rings (SSSR count). The van der Waals surface area contributed by atoms with Crippen LogP contribution in [0.2, 0.25) is 0 Å². The molecule has 1 saturated heterocycles. The molecule has 206 valence electrons. The summed E-state index contributed by atoms with van der Waals surface area (Å²) in [5, 5.41) is 17.9. The second-order valence-corrected chi connectivity index (χ2v) is 12.5. The Balaban J connectivity index is 1.46. The molecule has 6 heteroatoms. The van der Waals surface area contributed by atoms with Gasteiger partial charge in [0.15, 0.2) is 0 Å². The van der Waals surface area contributed by atoms with Crippen molar-refractivity contribution in [3.63, 3.8) is 0 Å². The van der Waals surface area contributed by atoms with Crippen LogP contribution in [0.3, 0.4) is 0 Å². The van der Waals surface area contributed by atoms with Crippen LogP contribution in [0.1, 0.15) is 62.4 Å². The minimum atomic E-state index is -0.937. The van der Waals surface area contributed by atoms with E-state index in [2.05, 4.69) is 26.2 Å². The highest BCUT2D eigenvalue weighted by Crippen LogP contribution is 2.53. The summed E-state index contributed by atoms with van der Waals surface area (Å²) >= 11 is 0. The molecule has 6 nitrogen and oxygen atoms in total. The predicted octanol–water partition coefficient (Wildman–Crippen LogP) is 5.22. The Morgan fingerprint density at radius 1 is 1.05 bits per heavy atom. The van der Waals surface area contributed by atoms with E-state index in [4.69, 9.17) is 4.74 Å². The van der Waals surface area contributed by atoms with Crippen molar-refractivity contribution in [2.45, 2.75) is 63.5 Å². The van der Waals surface area contributed by atoms with Gasteiger partial charge in [-0.3, -0.25) is 9.59 Å². The van der Waals surface area contributed by atoms with Crippen LogP contribution in [0.4, 0.5) is 0 Å². The van der Waals surface area contributed by atoms with Crippen LogP contribution in [0.15, 0.2) is 66.7 Å². The zero-order chi connectivity index (χ0) is 27.8. The molecule has 0 radical (unpaired) electrons. The van der Waals surface area contributed by atoms with Crippen LogP contribution >= 0.6 is 0 Å². The summed E-state index contributed by atoms with van der Waals surface area (Å²) in [6.45, 7) is 8.47. The molecule has 0 spiro atoms. The summed E-state index contributed by atoms with van der Waals surface area (Å²) < 4.78 is 6.27. The fourth-order valence-electron chi connectivity index (χ4n) is 7.42. The van der Waals surface area contributed by atoms with Crippen LogP contribution in [0.5, 0.6) is 5.75 Å². The van der Waals surface area contributed by atoms with E-state index >= 15 is 0 Å². The molecule has 0 bridgehead atoms. The van der Waals surface area contributed by atoms with Gasteiger partial charge in [-0.05, 0) is 59.9 Å². The fraction of sp³-hybridized carbons (Fsp3) is 0.455. The van der Waals surface area contributed by atoms with Crippen molar-refractivity contribution >= 4 is 22.6 Å². The van der Waals surface area contributed by atoms with Gasteiger partial charge in [0, 0.05) is 36.3 Å². The lowest BCUT2D eigenvalue weighted by atomic mass is 9.54. The first-order valence-corrected chi connectivity index (χ1v) is 14.2. The van der Waals surface area contributed by atoms with Gasteiger partial charge in [0.05, 0.1) is 20.1 Å². The SMILES string of the molecule is CC(=O)Oc1cccc([C@]23CC[N@@+](C)(CC(C)C)CC2(O)CC[C@@H](NC(=O)c2ccc4ccccc4c2)C3)c1. The smallest absolute Gasteiger partial charge is 0.308 e. The summed E-state index contributed by atoms with van der Waals surface area (Å²) in [5.41, 5.74) is 0.125. The molecular weight excluding hydrogens is 488 g/mol. The predicted molar refractivity (Wildman–Crippen MR) is 154 cm³/mol. The number of fused-ring (bicyclic) bond motifs is 2. The van der Waals surface area contributed by atoms with Gasteiger partial charge in [-0.25, -0.2) is 0 Å². The molecule has 4 atom stereocenters. The van der Waals surface area contributed by atoms with Crippen LogP contribution in [0, 0.1) is 5.92 Å². The summed E-state index contributed by atoms with van der Waals surface area (Å²) in [7, 11) is 2.25. The maximum Gasteiger partial charge on any atom is 0.308 e. The number of nitrogens with zero attached hydrogens (tertiary/aromatic N) is 1. The van der Waals surface area contributed by atoms with Crippen molar-refractivity contribution in [3.8, 4) is 5.75 Å². The molecule has 3 aromatic rings. The van der Waals surface area contributed by atoms with Crippen LogP contribution < -0.4 is 10.1 Å². The van der Waals surface area contributed by atoms with Crippen molar-refractivity contribution in [3.05, 3.63) is 77.9 Å². The molecule has 1 heterocycles. The second kappa shape index (κ2) is 10.4. The van der Waals surface area contributed by atoms with Crippen molar-refractivity contribution in [2.24, 2.45) is 5.92 Å². The Morgan fingerprint density at radius 2 is 1.82 bits per heavy atom. The number of likely N-dealkylation sites (N-methyl/N-ethyl adjacent to an activating group) is 1. The van der Waals surface area contributed by atoms with Crippen molar-refractivity contribution in [2.75, 3.05) is 26.7 Å². The molecule has 2 aliphatic rings. The molecule has 2 fully saturated rings. The van der Waals surface area contributed by atoms with Gasteiger partial charge < -0.3 is 19.6 Å². The Kier molecular flexibility index (Phi) is 7.29. The molecule has 1 saturated carbocycles. The normalized spacial score (nSPS) is 28.6. The third-order valence-electron chi connectivity index (χ3n) is 8.91. The topological polar surface area (TPSA) is 75.6 Å². The Bertz CT molecular complexity index is 1390. The number of hydrogen-bond donors (Lipinski definition) is 2. The van der Waals surface area contributed by atoms with Crippen LogP contribution in [-0.4, -0.2) is 59.8 Å². The minimum Gasteiger partial charge on any atom is -0.427 e. The fourth-order valence-corrected chi connectivity index (χ4v) is 7.42. The average molecular weight is 530 g/mol. The molecular formula is C33H41N2O4+. The van der Waals surface area contributed by atoms with Crippen LogP contribution in [0.25, 0.3) is 10.8 Å². The van der Waals surface area contributed by atoms with Gasteiger partial charge in [0.2, 0.25) is 0 Å². The molecule has 2 N–H and O–H groups in total. The minimum absolute atomic E-state index is 0.0800. The molecule has 1 aliphatic heterocycles. The van der Waals surface area contributed by atoms with Gasteiger partial charge in [-0.2, -0.15) is 0 Å². The Morgan fingerprint density at radius 3 is 2.56 bits per heavy atom. The van der Waals surface area contributed by atoms with E-state index in [1.54, 1.807) is 6.07 Å². The number of amides is 1. The highest BCUT2D eigenvalue weighted by Gasteiger charge is 2.61. The summed E-state index contributed by atoms with van der Waals surface area (Å²) in [5.74, 6) is 0.560. The van der Waals surface area contributed by atoms with Crippen molar-refractivity contribution < 1.29 is 23.9 Å².